The summed E-state index contributed by atoms with van der Waals surface area (Å²) in [6, 6.07) is 0. The number of azide groups is 1. The van der Waals surface area contributed by atoms with Crippen LogP contribution in [0, 0.1) is 5.41 Å². The van der Waals surface area contributed by atoms with Gasteiger partial charge in [-0.05, 0) is 73.3 Å². The largest absolute Gasteiger partial charge is 0.288 e. The van der Waals surface area contributed by atoms with E-state index in [1.807, 2.05) is 18.2 Å². The minimum atomic E-state index is -0.581. The molecule has 4 heteroatoms. The van der Waals surface area contributed by atoms with Crippen molar-refractivity contribution in [2.45, 2.75) is 53.9 Å². The number of carbonyl (C=O) groups is 1. The Labute approximate surface area is 145 Å². The summed E-state index contributed by atoms with van der Waals surface area (Å²) in [7, 11) is 0. The van der Waals surface area contributed by atoms with Crippen molar-refractivity contribution in [1.82, 2.24) is 0 Å². The lowest BCUT2D eigenvalue weighted by atomic mass is 9.72. The van der Waals surface area contributed by atoms with Crippen LogP contribution < -0.4 is 0 Å². The molecule has 0 spiro atoms. The smallest absolute Gasteiger partial charge is 0.242 e. The third-order valence-corrected chi connectivity index (χ3v) is 4.27. The molecule has 0 aromatic rings. The highest BCUT2D eigenvalue weighted by atomic mass is 16.1. The van der Waals surface area contributed by atoms with Gasteiger partial charge in [0.15, 0.2) is 0 Å². The van der Waals surface area contributed by atoms with Crippen molar-refractivity contribution in [1.29, 1.82) is 0 Å². The third kappa shape index (κ3) is 6.43. The Morgan fingerprint density at radius 1 is 1.25 bits per heavy atom. The van der Waals surface area contributed by atoms with Crippen molar-refractivity contribution in [2.75, 3.05) is 0 Å². The van der Waals surface area contributed by atoms with E-state index in [0.717, 1.165) is 11.1 Å². The molecular formula is C20H27N3O. The van der Waals surface area contributed by atoms with E-state index in [4.69, 9.17) is 5.53 Å². The maximum atomic E-state index is 11.2. The maximum Gasteiger partial charge on any atom is 0.242 e. The Balaban J connectivity index is 2.78. The topological polar surface area (TPSA) is 65.8 Å². The first-order valence-corrected chi connectivity index (χ1v) is 8.27. The van der Waals surface area contributed by atoms with Crippen LogP contribution in [0.3, 0.4) is 0 Å². The predicted octanol–water partition coefficient (Wildman–Crippen LogP) is 6.35. The van der Waals surface area contributed by atoms with Gasteiger partial charge in [-0.3, -0.25) is 4.79 Å². The highest BCUT2D eigenvalue weighted by molar-refractivity contribution is 5.89. The van der Waals surface area contributed by atoms with Crippen LogP contribution in [0.5, 0.6) is 0 Å². The molecule has 0 saturated carbocycles. The van der Waals surface area contributed by atoms with Gasteiger partial charge in [0.2, 0.25) is 5.91 Å². The SMILES string of the molecule is CC(C=CC1=C(C)CCCC1(C)C)=CC=CC(C)=CC(=O)N=[N+]=[N-]. The Hall–Kier alpha value is -2.32. The number of rotatable bonds is 5. The van der Waals surface area contributed by atoms with E-state index >= 15 is 0 Å². The fourth-order valence-corrected chi connectivity index (χ4v) is 2.95. The van der Waals surface area contributed by atoms with Crippen molar-refractivity contribution in [3.8, 4) is 0 Å². The molecule has 1 aliphatic carbocycles. The molecule has 0 atom stereocenters. The molecular weight excluding hydrogens is 298 g/mol. The van der Waals surface area contributed by atoms with Crippen molar-refractivity contribution >= 4 is 5.91 Å². The van der Waals surface area contributed by atoms with Gasteiger partial charge in [-0.2, -0.15) is 0 Å². The second kappa shape index (κ2) is 9.09. The van der Waals surface area contributed by atoms with E-state index in [9.17, 15) is 4.79 Å². The number of nitrogens with zero attached hydrogens (tertiary/aromatic N) is 3. The average molecular weight is 325 g/mol. The van der Waals surface area contributed by atoms with Crippen LogP contribution >= 0.6 is 0 Å². The van der Waals surface area contributed by atoms with Crippen LogP contribution in [-0.2, 0) is 4.79 Å². The number of amides is 1. The molecule has 0 fully saturated rings. The van der Waals surface area contributed by atoms with Crippen LogP contribution in [0.25, 0.3) is 10.4 Å². The molecule has 0 aromatic heterocycles. The second-order valence-corrected chi connectivity index (χ2v) is 6.95. The zero-order chi connectivity index (χ0) is 18.2. The van der Waals surface area contributed by atoms with Crippen molar-refractivity contribution in [3.63, 3.8) is 0 Å². The van der Waals surface area contributed by atoms with Crippen LogP contribution in [0.15, 0.2) is 63.9 Å². The average Bonchev–Trinajstić information content (AvgIpc) is 2.46. The van der Waals surface area contributed by atoms with Crippen molar-refractivity contribution < 1.29 is 4.79 Å². The first kappa shape index (κ1) is 19.7. The van der Waals surface area contributed by atoms with Gasteiger partial charge in [0.1, 0.15) is 0 Å². The molecule has 128 valence electrons. The van der Waals surface area contributed by atoms with Crippen molar-refractivity contribution in [2.24, 2.45) is 10.5 Å². The maximum absolute atomic E-state index is 11.2. The lowest BCUT2D eigenvalue weighted by Gasteiger charge is -2.32. The molecule has 0 aromatic carbocycles. The minimum absolute atomic E-state index is 0.246. The van der Waals surface area contributed by atoms with Gasteiger partial charge in [-0.1, -0.05) is 55.4 Å². The summed E-state index contributed by atoms with van der Waals surface area (Å²) in [6.07, 6.45) is 15.1. The van der Waals surface area contributed by atoms with Crippen LogP contribution in [0.4, 0.5) is 0 Å². The molecule has 24 heavy (non-hydrogen) atoms. The quantitative estimate of drug-likeness (QED) is 0.191. The van der Waals surface area contributed by atoms with E-state index < -0.39 is 5.91 Å². The van der Waals surface area contributed by atoms with E-state index in [2.05, 4.69) is 49.9 Å². The zero-order valence-corrected chi connectivity index (χ0v) is 15.3. The summed E-state index contributed by atoms with van der Waals surface area (Å²) in [6.45, 7) is 10.7. The zero-order valence-electron chi connectivity index (χ0n) is 15.3. The molecule has 0 N–H and O–H groups in total. The molecule has 0 bridgehead atoms. The van der Waals surface area contributed by atoms with Crippen LogP contribution in [-0.4, -0.2) is 5.91 Å². The monoisotopic (exact) mass is 325 g/mol. The second-order valence-electron chi connectivity index (χ2n) is 6.95. The Kier molecular flexibility index (Phi) is 7.47. The highest BCUT2D eigenvalue weighted by Gasteiger charge is 2.26. The Morgan fingerprint density at radius 3 is 2.58 bits per heavy atom. The molecule has 1 aliphatic rings. The van der Waals surface area contributed by atoms with Gasteiger partial charge in [-0.15, -0.1) is 0 Å². The molecule has 1 amide bonds. The molecule has 4 nitrogen and oxygen atoms in total. The standard InChI is InChI=1S/C20H27N3O/c1-15(8-6-9-16(2)14-19(24)22-23-21)11-12-18-17(3)10-7-13-20(18,4)5/h6,8-9,11-12,14H,7,10,13H2,1-5H3. The van der Waals surface area contributed by atoms with E-state index in [0.29, 0.717) is 0 Å². The van der Waals surface area contributed by atoms with Gasteiger partial charge >= 0.3 is 0 Å². The van der Waals surface area contributed by atoms with Crippen molar-refractivity contribution in [3.05, 3.63) is 69.2 Å². The lowest BCUT2D eigenvalue weighted by Crippen LogP contribution is -2.19. The molecule has 0 radical (unpaired) electrons. The summed E-state index contributed by atoms with van der Waals surface area (Å²) in [5.41, 5.74) is 13.3. The Morgan fingerprint density at radius 2 is 1.96 bits per heavy atom. The summed E-state index contributed by atoms with van der Waals surface area (Å²) in [5, 5.41) is 3.01. The van der Waals surface area contributed by atoms with Crippen LogP contribution in [0.1, 0.15) is 53.9 Å². The number of allylic oxidation sites excluding steroid dienone is 9. The van der Waals surface area contributed by atoms with E-state index in [-0.39, 0.29) is 5.41 Å². The number of carbonyl (C=O) groups excluding carboxylic acids is 1. The van der Waals surface area contributed by atoms with E-state index in [1.54, 1.807) is 6.92 Å². The van der Waals surface area contributed by atoms with Gasteiger partial charge in [0.25, 0.3) is 0 Å². The number of hydrogen-bond donors (Lipinski definition) is 0. The highest BCUT2D eigenvalue weighted by Crippen LogP contribution is 2.40. The number of hydrogen-bond acceptors (Lipinski definition) is 1. The minimum Gasteiger partial charge on any atom is -0.288 e. The molecule has 0 aliphatic heterocycles. The third-order valence-electron chi connectivity index (χ3n) is 4.27. The fraction of sp³-hybridized carbons (Fsp3) is 0.450. The van der Waals surface area contributed by atoms with Gasteiger partial charge in [0.05, 0.1) is 0 Å². The molecule has 0 heterocycles. The predicted molar refractivity (Wildman–Crippen MR) is 100 cm³/mol. The first-order chi connectivity index (χ1) is 11.3. The molecule has 0 saturated heterocycles. The van der Waals surface area contributed by atoms with Gasteiger partial charge in [-0.25, -0.2) is 0 Å². The van der Waals surface area contributed by atoms with Gasteiger partial charge in [0, 0.05) is 4.91 Å². The fourth-order valence-electron chi connectivity index (χ4n) is 2.95. The van der Waals surface area contributed by atoms with Gasteiger partial charge < -0.3 is 0 Å². The lowest BCUT2D eigenvalue weighted by molar-refractivity contribution is -0.113. The van der Waals surface area contributed by atoms with E-state index in [1.165, 1.54) is 36.5 Å². The normalized spacial score (nSPS) is 19.0. The van der Waals surface area contributed by atoms with Crippen LogP contribution in [0.2, 0.25) is 0 Å². The summed E-state index contributed by atoms with van der Waals surface area (Å²) in [4.78, 5) is 13.6. The summed E-state index contributed by atoms with van der Waals surface area (Å²) < 4.78 is 0. The summed E-state index contributed by atoms with van der Waals surface area (Å²) in [5.74, 6) is -0.581. The first-order valence-electron chi connectivity index (χ1n) is 8.27. The Bertz CT molecular complexity index is 682. The molecule has 1 rings (SSSR count). The molecule has 0 unspecified atom stereocenters. The summed E-state index contributed by atoms with van der Waals surface area (Å²) >= 11 is 0.